The van der Waals surface area contributed by atoms with Gasteiger partial charge in [0.25, 0.3) is 0 Å². The van der Waals surface area contributed by atoms with Crippen LogP contribution in [0.2, 0.25) is 0 Å². The van der Waals surface area contributed by atoms with Crippen LogP contribution in [0, 0.1) is 6.92 Å². The Morgan fingerprint density at radius 1 is 1.20 bits per heavy atom. The molecule has 0 aliphatic carbocycles. The lowest BCUT2D eigenvalue weighted by atomic mass is 9.85. The van der Waals surface area contributed by atoms with Crippen LogP contribution in [0.25, 0.3) is 11.0 Å². The van der Waals surface area contributed by atoms with Gasteiger partial charge < -0.3 is 40.0 Å². The van der Waals surface area contributed by atoms with Gasteiger partial charge in [0, 0.05) is 42.9 Å². The molecule has 0 radical (unpaired) electrons. The topological polar surface area (TPSA) is 205 Å². The SMILES string of the molecule is CNCC[C@]1(C)Oc2c(cc3c(=O)cc(C)oc3c2[NH+]2C=C3C=CN=C3C2)C[C@H]1OOC[C@H](O)[C@](O)(C[NH+]1C=CC2=NC=CC21)[C@H](O)[C@H](O)CO. The highest BCUT2D eigenvalue weighted by Crippen LogP contribution is 2.44. The first-order valence-electron chi connectivity index (χ1n) is 17.1. The summed E-state index contributed by atoms with van der Waals surface area (Å²) in [6.07, 6.45) is 7.34. The van der Waals surface area contributed by atoms with E-state index in [9.17, 15) is 30.3 Å². The summed E-state index contributed by atoms with van der Waals surface area (Å²) < 4.78 is 13.1. The van der Waals surface area contributed by atoms with Crippen LogP contribution in [-0.4, -0.2) is 119 Å². The third-order valence-corrected chi connectivity index (χ3v) is 10.5. The number of allylic oxidation sites excluding steroid dienone is 1. The third-order valence-electron chi connectivity index (χ3n) is 10.5. The first kappa shape index (κ1) is 35.5. The summed E-state index contributed by atoms with van der Waals surface area (Å²) in [6, 6.07) is 2.98. The van der Waals surface area contributed by atoms with E-state index in [0.29, 0.717) is 58.1 Å². The molecule has 15 nitrogen and oxygen atoms in total. The predicted octanol–water partition coefficient (Wildman–Crippen LogP) is -2.34. The van der Waals surface area contributed by atoms with Gasteiger partial charge >= 0.3 is 0 Å². The van der Waals surface area contributed by atoms with E-state index in [1.807, 2.05) is 32.3 Å². The minimum absolute atomic E-state index is 0.189. The van der Waals surface area contributed by atoms with Gasteiger partial charge in [-0.1, -0.05) is 0 Å². The quantitative estimate of drug-likeness (QED) is 0.0772. The molecule has 272 valence electrons. The molecule has 0 spiro atoms. The highest BCUT2D eigenvalue weighted by Gasteiger charge is 2.52. The summed E-state index contributed by atoms with van der Waals surface area (Å²) in [5.74, 6) is 1.05. The van der Waals surface area contributed by atoms with E-state index in [2.05, 4.69) is 15.3 Å². The average molecular weight is 708 g/mol. The fourth-order valence-corrected chi connectivity index (χ4v) is 7.51. The summed E-state index contributed by atoms with van der Waals surface area (Å²) in [4.78, 5) is 35.3. The zero-order valence-electron chi connectivity index (χ0n) is 28.7. The van der Waals surface area contributed by atoms with Crippen molar-refractivity contribution in [2.24, 2.45) is 9.98 Å². The Balaban J connectivity index is 1.16. The molecule has 0 saturated carbocycles. The van der Waals surface area contributed by atoms with Crippen molar-refractivity contribution in [2.75, 3.05) is 39.9 Å². The maximum atomic E-state index is 13.3. The molecule has 8 N–H and O–H groups in total. The van der Waals surface area contributed by atoms with E-state index < -0.39 is 48.8 Å². The summed E-state index contributed by atoms with van der Waals surface area (Å²) >= 11 is 0. The number of benzene rings is 1. The molecule has 0 amide bonds. The van der Waals surface area contributed by atoms with Gasteiger partial charge in [-0.2, -0.15) is 0 Å². The molecule has 7 rings (SSSR count). The van der Waals surface area contributed by atoms with E-state index >= 15 is 0 Å². The second kappa shape index (κ2) is 13.9. The summed E-state index contributed by atoms with van der Waals surface area (Å²) in [5, 5.41) is 57.5. The highest BCUT2D eigenvalue weighted by atomic mass is 17.2. The molecule has 0 bridgehead atoms. The van der Waals surface area contributed by atoms with Gasteiger partial charge in [0.2, 0.25) is 11.3 Å². The number of ether oxygens (including phenoxy) is 1. The second-order valence-corrected chi connectivity index (χ2v) is 14.0. The van der Waals surface area contributed by atoms with Crippen molar-refractivity contribution in [1.29, 1.82) is 0 Å². The fraction of sp³-hybridized carbons (Fsp3) is 0.472. The maximum absolute atomic E-state index is 13.3. The van der Waals surface area contributed by atoms with Crippen molar-refractivity contribution in [1.82, 2.24) is 5.32 Å². The van der Waals surface area contributed by atoms with Crippen molar-refractivity contribution >= 4 is 28.1 Å². The Hall–Kier alpha value is -3.87. The van der Waals surface area contributed by atoms with Gasteiger partial charge in [0.1, 0.15) is 73.1 Å². The first-order valence-corrected chi connectivity index (χ1v) is 17.1. The molecule has 5 aliphatic rings. The number of quaternary nitrogens is 2. The van der Waals surface area contributed by atoms with Crippen molar-refractivity contribution in [3.8, 4) is 5.75 Å². The number of fused-ring (bicyclic) bond motifs is 4. The number of nitrogens with zero attached hydrogens (tertiary/aromatic N) is 2. The minimum atomic E-state index is -2.33. The second-order valence-electron chi connectivity index (χ2n) is 14.0. The lowest BCUT2D eigenvalue weighted by Gasteiger charge is -2.42. The molecular formula is C36H45N5O10+2. The lowest BCUT2D eigenvalue weighted by molar-refractivity contribution is -0.861. The Labute approximate surface area is 293 Å². The zero-order valence-corrected chi connectivity index (χ0v) is 28.7. The van der Waals surface area contributed by atoms with E-state index in [4.69, 9.17) is 18.9 Å². The van der Waals surface area contributed by atoms with Crippen LogP contribution in [0.4, 0.5) is 5.69 Å². The van der Waals surface area contributed by atoms with Gasteiger partial charge in [-0.15, -0.1) is 0 Å². The summed E-state index contributed by atoms with van der Waals surface area (Å²) in [5.41, 5.74) is 1.03. The Bertz CT molecular complexity index is 1940. The Morgan fingerprint density at radius 2 is 2.02 bits per heavy atom. The smallest absolute Gasteiger partial charge is 0.222 e. The van der Waals surface area contributed by atoms with Crippen LogP contribution in [0.1, 0.15) is 24.7 Å². The minimum Gasteiger partial charge on any atom is -0.478 e. The number of nitrogens with one attached hydrogen (secondary N) is 3. The molecule has 3 unspecified atom stereocenters. The predicted molar refractivity (Wildman–Crippen MR) is 185 cm³/mol. The fourth-order valence-electron chi connectivity index (χ4n) is 7.51. The van der Waals surface area contributed by atoms with E-state index in [-0.39, 0.29) is 24.4 Å². The number of hydrogen-bond donors (Lipinski definition) is 8. The molecule has 2 aromatic rings. The molecule has 6 heterocycles. The number of aryl methyl sites for hydroxylation is 1. The Kier molecular flexibility index (Phi) is 9.70. The zero-order chi connectivity index (χ0) is 36.1. The Morgan fingerprint density at radius 3 is 2.78 bits per heavy atom. The molecular weight excluding hydrogens is 662 g/mol. The number of hydrogen-bond acceptors (Lipinski definition) is 13. The van der Waals surface area contributed by atoms with Crippen LogP contribution in [-0.2, 0) is 16.2 Å². The molecule has 1 aromatic carbocycles. The van der Waals surface area contributed by atoms with E-state index in [1.165, 1.54) is 6.07 Å². The lowest BCUT2D eigenvalue weighted by Crippen LogP contribution is -3.13. The number of aliphatic hydroxyl groups is 5. The van der Waals surface area contributed by atoms with Gasteiger partial charge in [0.15, 0.2) is 22.8 Å². The van der Waals surface area contributed by atoms with E-state index in [1.54, 1.807) is 37.7 Å². The monoisotopic (exact) mass is 707 g/mol. The highest BCUT2D eigenvalue weighted by molar-refractivity contribution is 6.07. The number of aliphatic imine (C=N–C) groups is 2. The van der Waals surface area contributed by atoms with E-state index in [0.717, 1.165) is 21.9 Å². The first-order chi connectivity index (χ1) is 24.5. The van der Waals surface area contributed by atoms with Gasteiger partial charge in [-0.05, 0) is 45.7 Å². The third kappa shape index (κ3) is 6.44. The number of aliphatic hydroxyl groups excluding tert-OH is 4. The van der Waals surface area contributed by atoms with Crippen molar-refractivity contribution in [3.05, 3.63) is 82.3 Å². The van der Waals surface area contributed by atoms with Crippen LogP contribution in [0.15, 0.2) is 79.9 Å². The summed E-state index contributed by atoms with van der Waals surface area (Å²) in [7, 11) is 1.83. The molecule has 0 fully saturated rings. The van der Waals surface area contributed by atoms with Crippen LogP contribution < -0.4 is 25.3 Å². The normalized spacial score (nSPS) is 28.8. The number of rotatable bonds is 14. The van der Waals surface area contributed by atoms with Crippen LogP contribution >= 0.6 is 0 Å². The molecule has 1 aromatic heterocycles. The molecule has 51 heavy (non-hydrogen) atoms. The molecule has 15 heteroatoms. The van der Waals surface area contributed by atoms with Gasteiger partial charge in [0.05, 0.1) is 23.8 Å². The average Bonchev–Trinajstić information content (AvgIpc) is 3.90. The standard InChI is InChI=1S/C36H43N5O10/c1-20-12-27(43)23-13-22-14-30(35(2,7-10-37-3)50-32(22)31(33(23)49-20)41-15-21-4-8-39-25(21)16-41)51-48-18-29(45)36(47,34(46)28(44)17-42)19-40-11-6-24-26(40)5-9-38-24/h4-6,8-9,11-13,15,26,28-30,34,37,42,44-47H,7,10,14,16-19H2,1-3H3/p+2/t26?,28-,29+,30-,34-,35+,36-/m1/s1. The molecule has 5 aliphatic heterocycles. The molecule has 9 atom stereocenters. The molecule has 0 saturated heterocycles. The van der Waals surface area contributed by atoms with Crippen molar-refractivity contribution in [3.63, 3.8) is 0 Å². The van der Waals surface area contributed by atoms with Gasteiger partial charge in [-0.3, -0.25) is 24.6 Å². The van der Waals surface area contributed by atoms with Gasteiger partial charge in [-0.25, -0.2) is 9.78 Å². The largest absolute Gasteiger partial charge is 0.478 e. The van der Waals surface area contributed by atoms with Crippen molar-refractivity contribution < 1.29 is 54.3 Å². The van der Waals surface area contributed by atoms with Crippen molar-refractivity contribution in [2.45, 2.75) is 68.3 Å². The van der Waals surface area contributed by atoms with Crippen LogP contribution in [0.5, 0.6) is 5.75 Å². The summed E-state index contributed by atoms with van der Waals surface area (Å²) in [6.45, 7) is 3.06. The van der Waals surface area contributed by atoms with Crippen LogP contribution in [0.3, 0.4) is 0 Å². The maximum Gasteiger partial charge on any atom is 0.222 e.